The molecule has 3 heteroatoms. The predicted octanol–water partition coefficient (Wildman–Crippen LogP) is 1.44. The summed E-state index contributed by atoms with van der Waals surface area (Å²) in [4.78, 5) is 18.4. The van der Waals surface area contributed by atoms with E-state index in [-0.39, 0.29) is 0 Å². The topological polar surface area (TPSA) is 42.9 Å². The van der Waals surface area contributed by atoms with Gasteiger partial charge in [0.25, 0.3) is 0 Å². The molecule has 0 atom stereocenters. The summed E-state index contributed by atoms with van der Waals surface area (Å²) in [6.07, 6.45) is 4.05. The van der Waals surface area contributed by atoms with Crippen LogP contribution in [0.25, 0.3) is 10.9 Å². The van der Waals surface area contributed by atoms with Crippen molar-refractivity contribution in [3.05, 3.63) is 36.3 Å². The van der Waals surface area contributed by atoms with Crippen LogP contribution in [0.15, 0.2) is 30.6 Å². The summed E-state index contributed by atoms with van der Waals surface area (Å²) in [5, 5.41) is 0.947. The second kappa shape index (κ2) is 2.70. The summed E-state index contributed by atoms with van der Waals surface area (Å²) in [6.45, 7) is 0. The molecule has 0 saturated heterocycles. The van der Waals surface area contributed by atoms with Crippen molar-refractivity contribution in [1.29, 1.82) is 0 Å². The normalized spacial score (nSPS) is 10.0. The van der Waals surface area contributed by atoms with Gasteiger partial charge in [0.2, 0.25) is 0 Å². The predicted molar refractivity (Wildman–Crippen MR) is 44.9 cm³/mol. The number of rotatable bonds is 1. The molecule has 12 heavy (non-hydrogen) atoms. The lowest BCUT2D eigenvalue weighted by atomic mass is 10.2. The zero-order chi connectivity index (χ0) is 8.39. The van der Waals surface area contributed by atoms with Gasteiger partial charge in [0, 0.05) is 17.8 Å². The lowest BCUT2D eigenvalue weighted by Gasteiger charge is -1.94. The molecule has 0 N–H and O–H groups in total. The van der Waals surface area contributed by atoms with Crippen LogP contribution < -0.4 is 0 Å². The number of carbonyl (C=O) groups is 1. The van der Waals surface area contributed by atoms with Gasteiger partial charge < -0.3 is 0 Å². The van der Waals surface area contributed by atoms with Gasteiger partial charge in [-0.2, -0.15) is 0 Å². The molecule has 0 saturated carbocycles. The van der Waals surface area contributed by atoms with Crippen LogP contribution in [0.5, 0.6) is 0 Å². The van der Waals surface area contributed by atoms with E-state index in [0.717, 1.165) is 10.9 Å². The zero-order valence-electron chi connectivity index (χ0n) is 6.27. The van der Waals surface area contributed by atoms with Crippen molar-refractivity contribution in [2.45, 2.75) is 0 Å². The number of aldehydes is 1. The molecular weight excluding hydrogens is 152 g/mol. The Morgan fingerprint density at radius 2 is 2.25 bits per heavy atom. The van der Waals surface area contributed by atoms with Crippen molar-refractivity contribution in [3.8, 4) is 0 Å². The van der Waals surface area contributed by atoms with Crippen molar-refractivity contribution in [1.82, 2.24) is 9.97 Å². The molecule has 0 amide bonds. The van der Waals surface area contributed by atoms with Crippen molar-refractivity contribution in [2.24, 2.45) is 0 Å². The number of aromatic nitrogens is 2. The van der Waals surface area contributed by atoms with Gasteiger partial charge in [0.1, 0.15) is 5.69 Å². The highest BCUT2D eigenvalue weighted by Crippen LogP contribution is 2.08. The number of carbonyl (C=O) groups excluding carboxylic acids is 1. The van der Waals surface area contributed by atoms with Crippen LogP contribution >= 0.6 is 0 Å². The minimum Gasteiger partial charge on any atom is -0.296 e. The van der Waals surface area contributed by atoms with E-state index in [1.807, 2.05) is 12.1 Å². The average molecular weight is 158 g/mol. The summed E-state index contributed by atoms with van der Waals surface area (Å²) in [5.41, 5.74) is 1.22. The van der Waals surface area contributed by atoms with E-state index < -0.39 is 0 Å². The number of nitrogens with zero attached hydrogens (tertiary/aromatic N) is 2. The van der Waals surface area contributed by atoms with Crippen molar-refractivity contribution in [3.63, 3.8) is 0 Å². The standard InChI is InChI=1S/C9H6N2O/c12-6-8-4-9-7(5-11-8)2-1-3-10-9/h1-6H. The van der Waals surface area contributed by atoms with Crippen LogP contribution in [0, 0.1) is 0 Å². The minimum atomic E-state index is 0.418. The molecule has 58 valence electrons. The third-order valence-electron chi connectivity index (χ3n) is 1.63. The molecule has 0 fully saturated rings. The van der Waals surface area contributed by atoms with Gasteiger partial charge in [0.05, 0.1) is 5.52 Å². The molecule has 2 rings (SSSR count). The molecule has 2 aromatic heterocycles. The van der Waals surface area contributed by atoms with Gasteiger partial charge >= 0.3 is 0 Å². The minimum absolute atomic E-state index is 0.418. The Morgan fingerprint density at radius 3 is 3.08 bits per heavy atom. The molecule has 0 radical (unpaired) electrons. The van der Waals surface area contributed by atoms with Gasteiger partial charge in [-0.25, -0.2) is 0 Å². The molecule has 0 spiro atoms. The van der Waals surface area contributed by atoms with E-state index in [1.165, 1.54) is 0 Å². The number of hydrogen-bond acceptors (Lipinski definition) is 3. The van der Waals surface area contributed by atoms with Gasteiger partial charge in [0.15, 0.2) is 6.29 Å². The monoisotopic (exact) mass is 158 g/mol. The second-order valence-electron chi connectivity index (χ2n) is 2.42. The van der Waals surface area contributed by atoms with E-state index >= 15 is 0 Å². The fraction of sp³-hybridized carbons (Fsp3) is 0. The number of pyridine rings is 2. The summed E-state index contributed by atoms with van der Waals surface area (Å²) < 4.78 is 0. The third-order valence-corrected chi connectivity index (χ3v) is 1.63. The lowest BCUT2D eigenvalue weighted by molar-refractivity contribution is 0.111. The lowest BCUT2D eigenvalue weighted by Crippen LogP contribution is -1.86. The number of fused-ring (bicyclic) bond motifs is 1. The second-order valence-corrected chi connectivity index (χ2v) is 2.42. The van der Waals surface area contributed by atoms with Crippen molar-refractivity contribution >= 4 is 17.2 Å². The molecule has 0 aromatic carbocycles. The number of hydrogen-bond donors (Lipinski definition) is 0. The first-order valence-electron chi connectivity index (χ1n) is 3.56. The first kappa shape index (κ1) is 6.91. The summed E-state index contributed by atoms with van der Waals surface area (Å²) in [6, 6.07) is 5.41. The van der Waals surface area contributed by atoms with Crippen LogP contribution in [0.2, 0.25) is 0 Å². The smallest absolute Gasteiger partial charge is 0.168 e. The van der Waals surface area contributed by atoms with Crippen LogP contribution in [-0.4, -0.2) is 16.3 Å². The van der Waals surface area contributed by atoms with Crippen molar-refractivity contribution < 1.29 is 4.79 Å². The van der Waals surface area contributed by atoms with Gasteiger partial charge in [-0.3, -0.25) is 14.8 Å². The first-order valence-corrected chi connectivity index (χ1v) is 3.56. The van der Waals surface area contributed by atoms with E-state index in [0.29, 0.717) is 12.0 Å². The van der Waals surface area contributed by atoms with Crippen LogP contribution in [0.4, 0.5) is 0 Å². The highest BCUT2D eigenvalue weighted by Gasteiger charge is 1.95. The van der Waals surface area contributed by atoms with E-state index in [2.05, 4.69) is 9.97 Å². The fourth-order valence-corrected chi connectivity index (χ4v) is 1.05. The maximum absolute atomic E-state index is 10.4. The zero-order valence-corrected chi connectivity index (χ0v) is 6.27. The largest absolute Gasteiger partial charge is 0.296 e. The third kappa shape index (κ3) is 1.05. The molecule has 0 aliphatic rings. The Labute approximate surface area is 69.1 Å². The molecule has 0 aliphatic heterocycles. The Hall–Kier alpha value is -1.77. The maximum atomic E-state index is 10.4. The van der Waals surface area contributed by atoms with Gasteiger partial charge in [-0.15, -0.1) is 0 Å². The van der Waals surface area contributed by atoms with Crippen LogP contribution in [-0.2, 0) is 0 Å². The SMILES string of the molecule is O=Cc1cc2ncccc2cn1. The highest BCUT2D eigenvalue weighted by molar-refractivity contribution is 5.83. The van der Waals surface area contributed by atoms with E-state index in [4.69, 9.17) is 0 Å². The van der Waals surface area contributed by atoms with Gasteiger partial charge in [-0.1, -0.05) is 0 Å². The Bertz CT molecular complexity index is 426. The van der Waals surface area contributed by atoms with Gasteiger partial charge in [-0.05, 0) is 18.2 Å². The molecule has 2 heterocycles. The molecule has 2 aromatic rings. The summed E-state index contributed by atoms with van der Waals surface area (Å²) in [5.74, 6) is 0. The maximum Gasteiger partial charge on any atom is 0.168 e. The fourth-order valence-electron chi connectivity index (χ4n) is 1.05. The van der Waals surface area contributed by atoms with E-state index in [9.17, 15) is 4.79 Å². The summed E-state index contributed by atoms with van der Waals surface area (Å²) in [7, 11) is 0. The average Bonchev–Trinajstić information content (AvgIpc) is 2.17. The van der Waals surface area contributed by atoms with E-state index in [1.54, 1.807) is 18.5 Å². The molecule has 0 unspecified atom stereocenters. The molecule has 0 aliphatic carbocycles. The molecular formula is C9H6N2O. The Morgan fingerprint density at radius 1 is 1.33 bits per heavy atom. The first-order chi connectivity index (χ1) is 5.90. The molecule has 0 bridgehead atoms. The summed E-state index contributed by atoms with van der Waals surface area (Å²) >= 11 is 0. The molecule has 3 nitrogen and oxygen atoms in total. The van der Waals surface area contributed by atoms with Crippen LogP contribution in [0.1, 0.15) is 10.5 Å². The quantitative estimate of drug-likeness (QED) is 0.590. The highest BCUT2D eigenvalue weighted by atomic mass is 16.1. The Kier molecular flexibility index (Phi) is 1.55. The van der Waals surface area contributed by atoms with Crippen LogP contribution in [0.3, 0.4) is 0 Å². The van der Waals surface area contributed by atoms with Crippen molar-refractivity contribution in [2.75, 3.05) is 0 Å². The Balaban J connectivity index is 2.75.